The van der Waals surface area contributed by atoms with Crippen LogP contribution in [0.4, 0.5) is 5.69 Å². The fourth-order valence-electron chi connectivity index (χ4n) is 2.18. The van der Waals surface area contributed by atoms with Crippen LogP contribution in [-0.2, 0) is 10.0 Å². The molecule has 1 aliphatic rings. The van der Waals surface area contributed by atoms with Crippen molar-refractivity contribution in [2.24, 2.45) is 0 Å². The Kier molecular flexibility index (Phi) is 3.95. The first-order chi connectivity index (χ1) is 10.1. The number of thioether (sulfide) groups is 1. The number of hydrogen-bond acceptors (Lipinski definition) is 3. The first-order valence-electron chi connectivity index (χ1n) is 6.80. The third kappa shape index (κ3) is 3.41. The maximum Gasteiger partial charge on any atom is 0.236 e. The summed E-state index contributed by atoms with van der Waals surface area (Å²) in [5.41, 5.74) is 2.82. The lowest BCUT2D eigenvalue weighted by Gasteiger charge is -2.20. The second kappa shape index (κ2) is 5.73. The molecule has 0 aliphatic carbocycles. The highest BCUT2D eigenvalue weighted by molar-refractivity contribution is 8.08. The average molecular weight is 319 g/mol. The summed E-state index contributed by atoms with van der Waals surface area (Å²) in [6.45, 7) is 0. The fourth-order valence-corrected chi connectivity index (χ4v) is 4.73. The van der Waals surface area contributed by atoms with Crippen molar-refractivity contribution in [2.75, 3.05) is 22.9 Å². The zero-order valence-corrected chi connectivity index (χ0v) is 13.4. The van der Waals surface area contributed by atoms with Crippen LogP contribution in [0.15, 0.2) is 54.6 Å². The minimum absolute atomic E-state index is 0.226. The van der Waals surface area contributed by atoms with Gasteiger partial charge in [-0.1, -0.05) is 42.5 Å². The van der Waals surface area contributed by atoms with Crippen LogP contribution in [0, 0.1) is 0 Å². The van der Waals surface area contributed by atoms with E-state index in [0.29, 0.717) is 5.69 Å². The summed E-state index contributed by atoms with van der Waals surface area (Å²) >= 11 is 1.70. The van der Waals surface area contributed by atoms with E-state index >= 15 is 0 Å². The smallest absolute Gasteiger partial charge is 0.236 e. The van der Waals surface area contributed by atoms with Gasteiger partial charge in [-0.15, -0.1) is 0 Å². The van der Waals surface area contributed by atoms with Gasteiger partial charge < -0.3 is 0 Å². The summed E-state index contributed by atoms with van der Waals surface area (Å²) in [4.78, 5) is 0. The number of nitrogens with zero attached hydrogens (tertiary/aromatic N) is 1. The van der Waals surface area contributed by atoms with Gasteiger partial charge in [0, 0.05) is 18.1 Å². The van der Waals surface area contributed by atoms with Crippen LogP contribution in [-0.4, -0.2) is 32.2 Å². The Labute approximate surface area is 130 Å². The Morgan fingerprint density at radius 1 is 1.10 bits per heavy atom. The van der Waals surface area contributed by atoms with E-state index in [0.717, 1.165) is 16.9 Å². The minimum atomic E-state index is -3.24. The van der Waals surface area contributed by atoms with E-state index in [1.54, 1.807) is 18.8 Å². The van der Waals surface area contributed by atoms with Crippen LogP contribution < -0.4 is 4.31 Å². The first-order valence-corrected chi connectivity index (χ1v) is 9.46. The van der Waals surface area contributed by atoms with Crippen molar-refractivity contribution < 1.29 is 8.42 Å². The Morgan fingerprint density at radius 2 is 1.76 bits per heavy atom. The number of benzene rings is 2. The molecule has 3 rings (SSSR count). The average Bonchev–Trinajstić information content (AvgIpc) is 3.31. The van der Waals surface area contributed by atoms with Gasteiger partial charge in [0.1, 0.15) is 0 Å². The molecule has 1 aliphatic heterocycles. The number of anilines is 1. The topological polar surface area (TPSA) is 37.4 Å². The monoisotopic (exact) mass is 319 g/mol. The van der Waals surface area contributed by atoms with E-state index in [1.165, 1.54) is 4.31 Å². The lowest BCUT2D eigenvalue weighted by atomic mass is 10.1. The van der Waals surface area contributed by atoms with Crippen LogP contribution in [0.5, 0.6) is 0 Å². The Balaban J connectivity index is 1.89. The van der Waals surface area contributed by atoms with Crippen LogP contribution in [0.3, 0.4) is 0 Å². The van der Waals surface area contributed by atoms with Gasteiger partial charge in [0.25, 0.3) is 0 Å². The number of hydrogen-bond donors (Lipinski definition) is 0. The molecule has 2 aromatic carbocycles. The van der Waals surface area contributed by atoms with Gasteiger partial charge in [-0.05, 0) is 23.3 Å². The standard InChI is InChI=1S/C16H17NO2S2/c1-17(21(18,19)12-16-11-20-16)15-9-5-8-14(10-15)13-6-3-2-4-7-13/h2-10,16H,11-12H2,1H3. The maximum atomic E-state index is 12.3. The molecule has 0 saturated carbocycles. The van der Waals surface area contributed by atoms with Crippen molar-refractivity contribution in [1.29, 1.82) is 0 Å². The highest BCUT2D eigenvalue weighted by atomic mass is 32.2. The number of rotatable bonds is 5. The van der Waals surface area contributed by atoms with Crippen LogP contribution in [0.1, 0.15) is 0 Å². The van der Waals surface area contributed by atoms with E-state index in [4.69, 9.17) is 0 Å². The second-order valence-corrected chi connectivity index (χ2v) is 8.50. The molecule has 1 fully saturated rings. The van der Waals surface area contributed by atoms with E-state index in [-0.39, 0.29) is 11.0 Å². The third-order valence-corrected chi connectivity index (χ3v) is 6.58. The van der Waals surface area contributed by atoms with Gasteiger partial charge in [0.15, 0.2) is 0 Å². The zero-order valence-electron chi connectivity index (χ0n) is 11.8. The van der Waals surface area contributed by atoms with E-state index in [9.17, 15) is 8.42 Å². The molecular formula is C16H17NO2S2. The second-order valence-electron chi connectivity index (χ2n) is 5.12. The van der Waals surface area contributed by atoms with Crippen molar-refractivity contribution in [1.82, 2.24) is 0 Å². The molecule has 0 aromatic heterocycles. The molecule has 1 unspecified atom stereocenters. The van der Waals surface area contributed by atoms with Crippen molar-refractivity contribution in [3.8, 4) is 11.1 Å². The van der Waals surface area contributed by atoms with E-state index < -0.39 is 10.0 Å². The summed E-state index contributed by atoms with van der Waals surface area (Å²) in [6.07, 6.45) is 0. The third-order valence-electron chi connectivity index (χ3n) is 3.53. The molecule has 110 valence electrons. The van der Waals surface area contributed by atoms with Crippen molar-refractivity contribution >= 4 is 27.5 Å². The maximum absolute atomic E-state index is 12.3. The molecular weight excluding hydrogens is 302 g/mol. The first kappa shape index (κ1) is 14.5. The molecule has 1 atom stereocenters. The molecule has 21 heavy (non-hydrogen) atoms. The van der Waals surface area contributed by atoms with E-state index in [2.05, 4.69) is 0 Å². The highest BCUT2D eigenvalue weighted by Gasteiger charge is 2.31. The summed E-state index contributed by atoms with van der Waals surface area (Å²) in [5.74, 6) is 1.18. The lowest BCUT2D eigenvalue weighted by molar-refractivity contribution is 0.594. The Morgan fingerprint density at radius 3 is 2.43 bits per heavy atom. The summed E-state index contributed by atoms with van der Waals surface area (Å²) in [5, 5.41) is 0.273. The predicted molar refractivity (Wildman–Crippen MR) is 90.3 cm³/mol. The van der Waals surface area contributed by atoms with Gasteiger partial charge in [-0.3, -0.25) is 4.31 Å². The van der Waals surface area contributed by atoms with Gasteiger partial charge in [-0.2, -0.15) is 11.8 Å². The van der Waals surface area contributed by atoms with Crippen molar-refractivity contribution in [3.05, 3.63) is 54.6 Å². The molecule has 0 bridgehead atoms. The zero-order chi connectivity index (χ0) is 14.9. The minimum Gasteiger partial charge on any atom is -0.273 e. The van der Waals surface area contributed by atoms with Gasteiger partial charge in [0.2, 0.25) is 10.0 Å². The quantitative estimate of drug-likeness (QED) is 0.794. The highest BCUT2D eigenvalue weighted by Crippen LogP contribution is 2.33. The number of sulfonamides is 1. The normalized spacial score (nSPS) is 17.5. The molecule has 1 heterocycles. The van der Waals surface area contributed by atoms with E-state index in [1.807, 2.05) is 54.6 Å². The molecule has 5 heteroatoms. The Hall–Kier alpha value is -1.46. The van der Waals surface area contributed by atoms with Crippen LogP contribution >= 0.6 is 11.8 Å². The molecule has 0 spiro atoms. The SMILES string of the molecule is CN(c1cccc(-c2ccccc2)c1)S(=O)(=O)CC1CS1. The van der Waals surface area contributed by atoms with Crippen molar-refractivity contribution in [3.63, 3.8) is 0 Å². The molecule has 2 aromatic rings. The molecule has 0 N–H and O–H groups in total. The largest absolute Gasteiger partial charge is 0.273 e. The predicted octanol–water partition coefficient (Wildman–Crippen LogP) is 3.24. The van der Waals surface area contributed by atoms with Gasteiger partial charge >= 0.3 is 0 Å². The van der Waals surface area contributed by atoms with Gasteiger partial charge in [0.05, 0.1) is 11.4 Å². The van der Waals surface area contributed by atoms with Gasteiger partial charge in [-0.25, -0.2) is 8.42 Å². The lowest BCUT2D eigenvalue weighted by Crippen LogP contribution is -2.30. The molecule has 3 nitrogen and oxygen atoms in total. The van der Waals surface area contributed by atoms with Crippen LogP contribution in [0.2, 0.25) is 0 Å². The summed E-state index contributed by atoms with van der Waals surface area (Å²) in [6, 6.07) is 17.6. The summed E-state index contributed by atoms with van der Waals surface area (Å²) < 4.78 is 26.1. The van der Waals surface area contributed by atoms with Crippen molar-refractivity contribution in [2.45, 2.75) is 5.25 Å². The molecule has 0 amide bonds. The Bertz CT molecular complexity index is 725. The van der Waals surface area contributed by atoms with Crippen LogP contribution in [0.25, 0.3) is 11.1 Å². The summed E-state index contributed by atoms with van der Waals surface area (Å²) in [7, 11) is -1.61. The fraction of sp³-hybridized carbons (Fsp3) is 0.250. The molecule has 0 radical (unpaired) electrons. The molecule has 1 saturated heterocycles.